The van der Waals surface area contributed by atoms with Crippen molar-refractivity contribution in [3.05, 3.63) is 78.1 Å². The molecule has 1 aromatic heterocycles. The molecule has 0 bridgehead atoms. The summed E-state index contributed by atoms with van der Waals surface area (Å²) in [4.78, 5) is 13.4. The van der Waals surface area contributed by atoms with Crippen LogP contribution < -0.4 is 19.7 Å². The third kappa shape index (κ3) is 6.66. The molecular formula is C26H33N5O2. The number of aromatic nitrogens is 2. The standard InChI is InChI=1S/C26H33N5O2/c1-21(23-7-4-8-24(19-23)32-2)29-20-22-6-3-9-25(18-22)33-17-16-30-12-14-31(15-13-30)26-27-10-5-11-28-26/h3-11,18-19,21,29H,12-17,20H2,1-2H3/t21-/m1/s1. The lowest BCUT2D eigenvalue weighted by Crippen LogP contribution is -2.48. The third-order valence-corrected chi connectivity index (χ3v) is 5.99. The number of piperazine rings is 1. The molecule has 0 aliphatic carbocycles. The molecule has 0 spiro atoms. The maximum absolute atomic E-state index is 6.06. The first-order valence-corrected chi connectivity index (χ1v) is 11.5. The molecule has 3 aromatic rings. The lowest BCUT2D eigenvalue weighted by Gasteiger charge is -2.34. The second-order valence-electron chi connectivity index (χ2n) is 8.25. The molecule has 1 atom stereocenters. The SMILES string of the molecule is COc1cccc([C@@H](C)NCc2cccc(OCCN3CCN(c4ncccn4)CC3)c2)c1. The minimum absolute atomic E-state index is 0.227. The fourth-order valence-corrected chi connectivity index (χ4v) is 3.96. The molecule has 4 rings (SSSR count). The monoisotopic (exact) mass is 447 g/mol. The van der Waals surface area contributed by atoms with Gasteiger partial charge in [-0.1, -0.05) is 24.3 Å². The van der Waals surface area contributed by atoms with E-state index in [0.29, 0.717) is 6.61 Å². The molecule has 33 heavy (non-hydrogen) atoms. The Labute approximate surface area is 196 Å². The first-order valence-electron chi connectivity index (χ1n) is 11.5. The van der Waals surface area contributed by atoms with Crippen molar-refractivity contribution < 1.29 is 9.47 Å². The number of nitrogens with one attached hydrogen (secondary N) is 1. The highest BCUT2D eigenvalue weighted by atomic mass is 16.5. The van der Waals surface area contributed by atoms with Crippen LogP contribution in [-0.2, 0) is 6.54 Å². The quantitative estimate of drug-likeness (QED) is 0.510. The molecule has 1 aliphatic heterocycles. The van der Waals surface area contributed by atoms with E-state index in [1.54, 1.807) is 19.5 Å². The van der Waals surface area contributed by atoms with Gasteiger partial charge < -0.3 is 19.7 Å². The molecule has 1 fully saturated rings. The average molecular weight is 448 g/mol. The smallest absolute Gasteiger partial charge is 0.225 e. The van der Waals surface area contributed by atoms with E-state index in [9.17, 15) is 0 Å². The Balaban J connectivity index is 1.19. The largest absolute Gasteiger partial charge is 0.497 e. The van der Waals surface area contributed by atoms with Gasteiger partial charge in [-0.05, 0) is 48.4 Å². The van der Waals surface area contributed by atoms with Crippen molar-refractivity contribution in [2.24, 2.45) is 0 Å². The Morgan fingerprint density at radius 1 is 0.939 bits per heavy atom. The highest BCUT2D eigenvalue weighted by molar-refractivity contribution is 5.32. The van der Waals surface area contributed by atoms with Crippen LogP contribution >= 0.6 is 0 Å². The molecule has 0 amide bonds. The fraction of sp³-hybridized carbons (Fsp3) is 0.385. The predicted molar refractivity (Wildman–Crippen MR) is 131 cm³/mol. The Morgan fingerprint density at radius 2 is 1.70 bits per heavy atom. The number of methoxy groups -OCH3 is 1. The zero-order valence-electron chi connectivity index (χ0n) is 19.5. The van der Waals surface area contributed by atoms with Gasteiger partial charge in [0, 0.05) is 57.7 Å². The summed E-state index contributed by atoms with van der Waals surface area (Å²) in [7, 11) is 1.70. The average Bonchev–Trinajstić information content (AvgIpc) is 2.88. The molecule has 2 heterocycles. The Kier molecular flexibility index (Phi) is 8.11. The molecule has 0 unspecified atom stereocenters. The maximum Gasteiger partial charge on any atom is 0.225 e. The van der Waals surface area contributed by atoms with Gasteiger partial charge in [-0.3, -0.25) is 4.90 Å². The second-order valence-corrected chi connectivity index (χ2v) is 8.25. The number of benzene rings is 2. The van der Waals surface area contributed by atoms with Crippen LogP contribution in [0, 0.1) is 0 Å². The van der Waals surface area contributed by atoms with Crippen LogP contribution in [0.4, 0.5) is 5.95 Å². The first-order chi connectivity index (χ1) is 16.2. The van der Waals surface area contributed by atoms with Gasteiger partial charge in [-0.25, -0.2) is 9.97 Å². The van der Waals surface area contributed by atoms with Crippen molar-refractivity contribution in [3.63, 3.8) is 0 Å². The molecule has 0 radical (unpaired) electrons. The zero-order valence-corrected chi connectivity index (χ0v) is 19.5. The van der Waals surface area contributed by atoms with Crippen LogP contribution in [-0.4, -0.2) is 61.3 Å². The molecule has 7 nitrogen and oxygen atoms in total. The van der Waals surface area contributed by atoms with Gasteiger partial charge >= 0.3 is 0 Å². The Hall–Kier alpha value is -3.16. The van der Waals surface area contributed by atoms with Crippen LogP contribution in [0.15, 0.2) is 67.0 Å². The van der Waals surface area contributed by atoms with Crippen molar-refractivity contribution in [1.29, 1.82) is 0 Å². The van der Waals surface area contributed by atoms with E-state index in [1.165, 1.54) is 11.1 Å². The number of rotatable bonds is 10. The van der Waals surface area contributed by atoms with Crippen molar-refractivity contribution in [2.75, 3.05) is 51.3 Å². The Morgan fingerprint density at radius 3 is 2.48 bits per heavy atom. The van der Waals surface area contributed by atoms with E-state index in [1.807, 2.05) is 24.3 Å². The second kappa shape index (κ2) is 11.6. The summed E-state index contributed by atoms with van der Waals surface area (Å²) in [5.41, 5.74) is 2.42. The number of hydrogen-bond acceptors (Lipinski definition) is 7. The van der Waals surface area contributed by atoms with E-state index in [0.717, 1.165) is 56.7 Å². The van der Waals surface area contributed by atoms with Crippen molar-refractivity contribution >= 4 is 5.95 Å². The van der Waals surface area contributed by atoms with Crippen molar-refractivity contribution in [1.82, 2.24) is 20.2 Å². The summed E-state index contributed by atoms with van der Waals surface area (Å²) in [5, 5.41) is 3.58. The van der Waals surface area contributed by atoms with Crippen LogP contribution in [0.2, 0.25) is 0 Å². The summed E-state index contributed by atoms with van der Waals surface area (Å²) in [5.74, 6) is 2.62. The molecular weight excluding hydrogens is 414 g/mol. The molecule has 2 aromatic carbocycles. The van der Waals surface area contributed by atoms with E-state index >= 15 is 0 Å². The van der Waals surface area contributed by atoms with Crippen molar-refractivity contribution in [3.8, 4) is 11.5 Å². The molecule has 1 aliphatic rings. The topological polar surface area (TPSA) is 62.8 Å². The summed E-state index contributed by atoms with van der Waals surface area (Å²) in [6.07, 6.45) is 3.59. The highest BCUT2D eigenvalue weighted by Gasteiger charge is 2.18. The number of ether oxygens (including phenoxy) is 2. The molecule has 0 saturated carbocycles. The molecule has 174 valence electrons. The lowest BCUT2D eigenvalue weighted by molar-refractivity contribution is 0.200. The summed E-state index contributed by atoms with van der Waals surface area (Å²) in [6, 6.07) is 18.6. The number of nitrogens with zero attached hydrogens (tertiary/aromatic N) is 4. The van der Waals surface area contributed by atoms with E-state index in [4.69, 9.17) is 9.47 Å². The van der Waals surface area contributed by atoms with Gasteiger partial charge in [0.25, 0.3) is 0 Å². The Bertz CT molecular complexity index is 993. The van der Waals surface area contributed by atoms with Crippen LogP contribution in [0.3, 0.4) is 0 Å². The summed E-state index contributed by atoms with van der Waals surface area (Å²) in [6.45, 7) is 8.41. The summed E-state index contributed by atoms with van der Waals surface area (Å²) >= 11 is 0. The fourth-order valence-electron chi connectivity index (χ4n) is 3.96. The predicted octanol–water partition coefficient (Wildman–Crippen LogP) is 3.54. The van der Waals surface area contributed by atoms with Gasteiger partial charge in [0.15, 0.2) is 0 Å². The van der Waals surface area contributed by atoms with Gasteiger partial charge in [-0.2, -0.15) is 0 Å². The van der Waals surface area contributed by atoms with Gasteiger partial charge in [0.05, 0.1) is 7.11 Å². The highest BCUT2D eigenvalue weighted by Crippen LogP contribution is 2.20. The van der Waals surface area contributed by atoms with Crippen LogP contribution in [0.25, 0.3) is 0 Å². The van der Waals surface area contributed by atoms with Gasteiger partial charge in [0.2, 0.25) is 5.95 Å². The van der Waals surface area contributed by atoms with E-state index in [2.05, 4.69) is 62.3 Å². The minimum Gasteiger partial charge on any atom is -0.497 e. The van der Waals surface area contributed by atoms with Crippen molar-refractivity contribution in [2.45, 2.75) is 19.5 Å². The lowest BCUT2D eigenvalue weighted by atomic mass is 10.1. The molecule has 1 N–H and O–H groups in total. The normalized spacial score (nSPS) is 15.3. The van der Waals surface area contributed by atoms with Gasteiger partial charge in [-0.15, -0.1) is 0 Å². The van der Waals surface area contributed by atoms with E-state index in [-0.39, 0.29) is 6.04 Å². The summed E-state index contributed by atoms with van der Waals surface area (Å²) < 4.78 is 11.4. The molecule has 1 saturated heterocycles. The maximum atomic E-state index is 6.06. The number of hydrogen-bond donors (Lipinski definition) is 1. The van der Waals surface area contributed by atoms with Crippen LogP contribution in [0.5, 0.6) is 11.5 Å². The third-order valence-electron chi connectivity index (χ3n) is 5.99. The molecule has 7 heteroatoms. The first kappa shape index (κ1) is 23.0. The zero-order chi connectivity index (χ0) is 22.9. The van der Waals surface area contributed by atoms with E-state index < -0.39 is 0 Å². The minimum atomic E-state index is 0.227. The number of anilines is 1. The van der Waals surface area contributed by atoms with Crippen LogP contribution in [0.1, 0.15) is 24.1 Å². The van der Waals surface area contributed by atoms with Gasteiger partial charge in [0.1, 0.15) is 18.1 Å².